The number of rotatable bonds is 15. The number of aryl methyl sites for hydroxylation is 2. The van der Waals surface area contributed by atoms with E-state index in [0.29, 0.717) is 30.9 Å². The summed E-state index contributed by atoms with van der Waals surface area (Å²) in [5.41, 5.74) is 6.34. The lowest BCUT2D eigenvalue weighted by atomic mass is 10.0. The number of hydrogen-bond acceptors (Lipinski definition) is 10. The molecule has 0 bridgehead atoms. The van der Waals surface area contributed by atoms with Gasteiger partial charge in [-0.25, -0.2) is 14.5 Å². The Balaban J connectivity index is 1.01. The molecular weight excluding hydrogens is 765 g/mol. The van der Waals surface area contributed by atoms with Crippen molar-refractivity contribution in [1.29, 1.82) is 0 Å². The largest absolute Gasteiger partial charge is 0.506 e. The Labute approximate surface area is 348 Å². The quantitative estimate of drug-likeness (QED) is 0.0306. The molecule has 4 heterocycles. The summed E-state index contributed by atoms with van der Waals surface area (Å²) in [6.45, 7) is 18.8. The first-order valence-electron chi connectivity index (χ1n) is 20.8. The van der Waals surface area contributed by atoms with Crippen molar-refractivity contribution in [1.82, 2.24) is 25.4 Å². The molecule has 0 spiro atoms. The fraction of sp³-hybridized carbons (Fsp3) is 0.500. The van der Waals surface area contributed by atoms with Crippen LogP contribution in [0.3, 0.4) is 0 Å². The highest BCUT2D eigenvalue weighted by Gasteiger charge is 2.40. The van der Waals surface area contributed by atoms with Gasteiger partial charge >= 0.3 is 6.03 Å². The number of nitrogens with zero attached hydrogens (tertiary/aromatic N) is 3. The summed E-state index contributed by atoms with van der Waals surface area (Å²) in [6, 6.07) is 10.9. The summed E-state index contributed by atoms with van der Waals surface area (Å²) in [5, 5.41) is 32.0. The second kappa shape index (κ2) is 19.3. The van der Waals surface area contributed by atoms with Crippen LogP contribution in [0.25, 0.3) is 11.0 Å². The third kappa shape index (κ3) is 10.7. The molecule has 1 fully saturated rings. The van der Waals surface area contributed by atoms with Crippen LogP contribution >= 0.6 is 0 Å². The molecule has 0 saturated carbocycles. The lowest BCUT2D eigenvalue weighted by Crippen LogP contribution is -2.43. The molecule has 14 nitrogen and oxygen atoms in total. The molecule has 0 unspecified atom stereocenters. The van der Waals surface area contributed by atoms with Gasteiger partial charge in [0.1, 0.15) is 11.4 Å². The van der Waals surface area contributed by atoms with E-state index in [9.17, 15) is 14.7 Å². The van der Waals surface area contributed by atoms with Crippen LogP contribution in [-0.2, 0) is 33.5 Å². The third-order valence-electron chi connectivity index (χ3n) is 11.3. The van der Waals surface area contributed by atoms with Crippen LogP contribution in [0.5, 0.6) is 11.5 Å². The first kappa shape index (κ1) is 43.4. The van der Waals surface area contributed by atoms with Crippen molar-refractivity contribution < 1.29 is 28.6 Å². The Morgan fingerprint density at radius 2 is 1.90 bits per heavy atom. The number of fused-ring (bicyclic) bond motifs is 2. The number of anilines is 3. The molecule has 59 heavy (non-hydrogen) atoms. The Bertz CT molecular complexity index is 2170. The summed E-state index contributed by atoms with van der Waals surface area (Å²) in [4.78, 5) is 30.1. The number of phenolic OH excluding ortho intramolecular Hbond substituents is 1. The van der Waals surface area contributed by atoms with E-state index in [1.807, 2.05) is 41.2 Å². The van der Waals surface area contributed by atoms with E-state index in [4.69, 9.17) is 18.9 Å². The number of pyridine rings is 1. The molecule has 6 N–H and O–H groups in total. The van der Waals surface area contributed by atoms with Crippen molar-refractivity contribution in [3.05, 3.63) is 65.0 Å². The van der Waals surface area contributed by atoms with Crippen LogP contribution in [-0.4, -0.2) is 79.1 Å². The van der Waals surface area contributed by atoms with Gasteiger partial charge in [0.2, 0.25) is 0 Å². The maximum atomic E-state index is 13.1. The first-order chi connectivity index (χ1) is 28.3. The van der Waals surface area contributed by atoms with Gasteiger partial charge in [-0.3, -0.25) is 4.79 Å². The number of aromatic nitrogens is 3. The van der Waals surface area contributed by atoms with Crippen molar-refractivity contribution in [2.75, 3.05) is 48.9 Å². The normalized spacial score (nSPS) is 15.1. The van der Waals surface area contributed by atoms with Crippen LogP contribution in [0, 0.1) is 11.8 Å². The van der Waals surface area contributed by atoms with Gasteiger partial charge in [0, 0.05) is 73.4 Å². The monoisotopic (exact) mass is 824 g/mol. The molecule has 3 amide bonds. The zero-order valence-electron chi connectivity index (χ0n) is 35.5. The topological polar surface area (TPSA) is 173 Å². The molecule has 0 aliphatic carbocycles. The number of benzene rings is 2. The highest BCUT2D eigenvalue weighted by atomic mass is 28.4. The van der Waals surface area contributed by atoms with E-state index < -0.39 is 8.32 Å². The summed E-state index contributed by atoms with van der Waals surface area (Å²) >= 11 is 0. The van der Waals surface area contributed by atoms with E-state index in [-0.39, 0.29) is 47.2 Å². The highest BCUT2D eigenvalue weighted by molar-refractivity contribution is 6.74. The molecule has 1 saturated heterocycles. The Kier molecular flexibility index (Phi) is 14.2. The molecule has 2 aromatic heterocycles. The van der Waals surface area contributed by atoms with Gasteiger partial charge in [0.15, 0.2) is 26.3 Å². The van der Waals surface area contributed by atoms with Gasteiger partial charge in [-0.15, -0.1) is 0 Å². The zero-order chi connectivity index (χ0) is 42.2. The fourth-order valence-electron chi connectivity index (χ4n) is 6.96. The number of hydrogen-bond donors (Lipinski definition) is 6. The van der Waals surface area contributed by atoms with Crippen LogP contribution in [0.2, 0.25) is 18.1 Å². The van der Waals surface area contributed by atoms with Crippen LogP contribution in [0.4, 0.5) is 21.9 Å². The molecule has 316 valence electrons. The number of carbonyl (C=O) groups excluding carboxylic acids is 2. The van der Waals surface area contributed by atoms with Crippen molar-refractivity contribution in [2.45, 2.75) is 110 Å². The smallest absolute Gasteiger partial charge is 0.319 e. The molecule has 2 aliphatic rings. The number of amides is 3. The number of unbranched alkanes of at least 4 members (excludes halogenated alkanes) is 1. The molecule has 2 aliphatic heterocycles. The summed E-state index contributed by atoms with van der Waals surface area (Å²) in [7, 11) is -2.20. The molecular formula is C44H60N8O6Si. The number of ether oxygens (including phenoxy) is 2. The van der Waals surface area contributed by atoms with Gasteiger partial charge in [-0.05, 0) is 93.7 Å². The van der Waals surface area contributed by atoms with E-state index >= 15 is 0 Å². The fourth-order valence-corrected chi connectivity index (χ4v) is 8.24. The Morgan fingerprint density at radius 3 is 2.61 bits per heavy atom. The van der Waals surface area contributed by atoms with Crippen LogP contribution in [0.15, 0.2) is 42.6 Å². The lowest BCUT2D eigenvalue weighted by molar-refractivity contribution is -0.118. The summed E-state index contributed by atoms with van der Waals surface area (Å²) in [5.74, 6) is 6.61. The zero-order valence-corrected chi connectivity index (χ0v) is 36.5. The van der Waals surface area contributed by atoms with Gasteiger partial charge in [0.25, 0.3) is 5.91 Å². The number of nitrogens with one attached hydrogen (secondary N) is 5. The highest BCUT2D eigenvalue weighted by Crippen LogP contribution is 2.45. The van der Waals surface area contributed by atoms with Crippen molar-refractivity contribution in [3.8, 4) is 23.3 Å². The standard InChI is InChI=1S/C44H60N8O6Si/c1-8-35-33(39(48-31-20-23-56-24-21-31)34-26-47-52(9-2)42(34)50-35)25-46-43(55)49-30-16-14-29(15-17-30)13-11-10-12-22-45-27-37(58-59(6,7)44(3,4)5)32-18-19-36(53)40-41(32)57-28-38(54)51-40/h14-19,26,31,37,45,53H,8-10,12,20-25,27-28H2,1-7H3,(H,48,50)(H,51,54)(H2,46,49,55)/t37-/m0/s1. The van der Waals surface area contributed by atoms with Crippen LogP contribution in [0.1, 0.15) is 88.8 Å². The van der Waals surface area contributed by atoms with Crippen LogP contribution < -0.4 is 31.3 Å². The molecule has 0 radical (unpaired) electrons. The van der Waals surface area contributed by atoms with E-state index in [0.717, 1.165) is 91.1 Å². The predicted octanol–water partition coefficient (Wildman–Crippen LogP) is 7.45. The minimum atomic E-state index is -2.20. The number of aromatic hydroxyl groups is 1. The maximum absolute atomic E-state index is 13.1. The van der Waals surface area contributed by atoms with Gasteiger partial charge in [-0.1, -0.05) is 39.5 Å². The van der Waals surface area contributed by atoms with E-state index in [1.54, 1.807) is 6.07 Å². The number of carbonyl (C=O) groups is 2. The SMILES string of the molecule is CCc1nc2c(cnn2CC)c(NC2CCOCC2)c1CNC(=O)Nc1ccc(C#CCCCNC[C@H](O[Si](C)(C)C(C)(C)C)c2ccc(O)c3c2OCC(=O)N3)cc1. The second-order valence-corrected chi connectivity index (χ2v) is 21.3. The summed E-state index contributed by atoms with van der Waals surface area (Å²) < 4.78 is 20.2. The van der Waals surface area contributed by atoms with Crippen molar-refractivity contribution >= 4 is 48.4 Å². The average Bonchev–Trinajstić information content (AvgIpc) is 3.63. The van der Waals surface area contributed by atoms with Gasteiger partial charge < -0.3 is 45.6 Å². The van der Waals surface area contributed by atoms with Crippen molar-refractivity contribution in [3.63, 3.8) is 0 Å². The predicted molar refractivity (Wildman–Crippen MR) is 235 cm³/mol. The minimum absolute atomic E-state index is 0.0202. The summed E-state index contributed by atoms with van der Waals surface area (Å²) in [6.07, 6.45) is 5.59. The van der Waals surface area contributed by atoms with E-state index in [2.05, 4.69) is 91.2 Å². The third-order valence-corrected chi connectivity index (χ3v) is 15.8. The number of phenols is 1. The van der Waals surface area contributed by atoms with Gasteiger partial charge in [-0.2, -0.15) is 5.10 Å². The van der Waals surface area contributed by atoms with E-state index in [1.165, 1.54) is 0 Å². The lowest BCUT2D eigenvalue weighted by Gasteiger charge is -2.40. The van der Waals surface area contributed by atoms with Crippen molar-refractivity contribution in [2.24, 2.45) is 0 Å². The molecule has 1 atom stereocenters. The number of urea groups is 1. The minimum Gasteiger partial charge on any atom is -0.506 e. The average molecular weight is 825 g/mol. The maximum Gasteiger partial charge on any atom is 0.319 e. The Hall–Kier alpha value is -5.14. The van der Waals surface area contributed by atoms with Gasteiger partial charge in [0.05, 0.1) is 23.4 Å². The first-order valence-corrected chi connectivity index (χ1v) is 23.7. The second-order valence-electron chi connectivity index (χ2n) is 16.6. The molecule has 4 aromatic rings. The molecule has 15 heteroatoms. The molecule has 6 rings (SSSR count). The Morgan fingerprint density at radius 1 is 1.14 bits per heavy atom. The molecule has 2 aromatic carbocycles.